The van der Waals surface area contributed by atoms with Crippen LogP contribution in [0.1, 0.15) is 5.56 Å². The van der Waals surface area contributed by atoms with Crippen LogP contribution in [-0.2, 0) is 22.6 Å². The molecule has 0 aliphatic carbocycles. The van der Waals surface area contributed by atoms with E-state index in [1.165, 1.54) is 0 Å². The number of para-hydroxylation sites is 1. The Morgan fingerprint density at radius 3 is 2.39 bits per heavy atom. The third kappa shape index (κ3) is 4.73. The van der Waals surface area contributed by atoms with Crippen molar-refractivity contribution in [1.82, 2.24) is 20.2 Å². The van der Waals surface area contributed by atoms with E-state index in [-0.39, 0.29) is 12.5 Å². The lowest BCUT2D eigenvalue weighted by molar-refractivity contribution is -0.126. The molecule has 0 saturated heterocycles. The van der Waals surface area contributed by atoms with Crippen molar-refractivity contribution in [3.63, 3.8) is 0 Å². The Morgan fingerprint density at radius 1 is 0.893 bits per heavy atom. The Hall–Kier alpha value is -3.68. The fourth-order valence-corrected chi connectivity index (χ4v) is 2.77. The van der Waals surface area contributed by atoms with E-state index in [0.29, 0.717) is 23.9 Å². The topological polar surface area (TPSA) is 113 Å². The number of nitrogens with zero attached hydrogens (tertiary/aromatic N) is 1. The Morgan fingerprint density at radius 2 is 1.61 bits per heavy atom. The van der Waals surface area contributed by atoms with Crippen molar-refractivity contribution in [2.45, 2.75) is 13.0 Å². The molecule has 0 aliphatic rings. The summed E-state index contributed by atoms with van der Waals surface area (Å²) in [5.41, 5.74) is 0.279. The fraction of sp³-hybridized carbons (Fsp3) is 0.200. The molecule has 0 fully saturated rings. The molecule has 1 aromatic heterocycles. The number of carbonyl (C=O) groups excluding carboxylic acids is 2. The van der Waals surface area contributed by atoms with Gasteiger partial charge in [0.25, 0.3) is 5.56 Å². The van der Waals surface area contributed by atoms with Crippen LogP contribution in [0.15, 0.2) is 64.2 Å². The van der Waals surface area contributed by atoms with Crippen LogP contribution in [0.4, 0.5) is 0 Å². The number of amides is 2. The van der Waals surface area contributed by atoms with Crippen molar-refractivity contribution in [2.24, 2.45) is 0 Å². The number of rotatable bonds is 7. The van der Waals surface area contributed by atoms with Gasteiger partial charge in [0.1, 0.15) is 6.54 Å². The summed E-state index contributed by atoms with van der Waals surface area (Å²) in [6, 6.07) is 16.3. The summed E-state index contributed by atoms with van der Waals surface area (Å²) < 4.78 is 0.810. The molecule has 0 unspecified atom stereocenters. The second-order valence-electron chi connectivity index (χ2n) is 6.23. The highest BCUT2D eigenvalue weighted by Gasteiger charge is 2.12. The van der Waals surface area contributed by atoms with Gasteiger partial charge in [-0.15, -0.1) is 0 Å². The van der Waals surface area contributed by atoms with Gasteiger partial charge in [0.15, 0.2) is 0 Å². The number of aromatic amines is 1. The summed E-state index contributed by atoms with van der Waals surface area (Å²) in [6.07, 6.45) is 0.683. The zero-order chi connectivity index (χ0) is 19.9. The van der Waals surface area contributed by atoms with Gasteiger partial charge < -0.3 is 15.6 Å². The first-order valence-electron chi connectivity index (χ1n) is 8.84. The predicted octanol–water partition coefficient (Wildman–Crippen LogP) is 0.165. The third-order valence-corrected chi connectivity index (χ3v) is 4.22. The van der Waals surface area contributed by atoms with Gasteiger partial charge in [0.2, 0.25) is 11.8 Å². The molecule has 28 heavy (non-hydrogen) atoms. The Kier molecular flexibility index (Phi) is 6.01. The number of hydrogen-bond donors (Lipinski definition) is 3. The first-order chi connectivity index (χ1) is 13.5. The standard InChI is InChI=1S/C20H20N4O4/c25-17(21-11-10-14-6-2-1-3-7-14)12-22-18(26)13-24-19(27)15-8-4-5-9-16(15)23-20(24)28/h1-9H,10-13H2,(H,21,25)(H,22,26)(H,23,28). The van der Waals surface area contributed by atoms with E-state index in [2.05, 4.69) is 15.6 Å². The minimum atomic E-state index is -0.675. The lowest BCUT2D eigenvalue weighted by Crippen LogP contribution is -2.43. The number of carbonyl (C=O) groups is 2. The van der Waals surface area contributed by atoms with Crippen LogP contribution in [0.25, 0.3) is 10.9 Å². The molecule has 2 aromatic carbocycles. The second-order valence-corrected chi connectivity index (χ2v) is 6.23. The van der Waals surface area contributed by atoms with E-state index in [0.717, 1.165) is 10.1 Å². The molecule has 3 aromatic rings. The lowest BCUT2D eigenvalue weighted by atomic mass is 10.1. The monoisotopic (exact) mass is 380 g/mol. The highest BCUT2D eigenvalue weighted by atomic mass is 16.2. The molecule has 3 N–H and O–H groups in total. The number of nitrogens with one attached hydrogen (secondary N) is 3. The maximum atomic E-state index is 12.4. The van der Waals surface area contributed by atoms with Crippen LogP contribution in [-0.4, -0.2) is 34.5 Å². The van der Waals surface area contributed by atoms with Gasteiger partial charge in [0.05, 0.1) is 17.4 Å². The van der Waals surface area contributed by atoms with Crippen LogP contribution in [0.5, 0.6) is 0 Å². The molecular weight excluding hydrogens is 360 g/mol. The molecule has 1 heterocycles. The summed E-state index contributed by atoms with van der Waals surface area (Å²) in [7, 11) is 0. The minimum Gasteiger partial charge on any atom is -0.354 e. The van der Waals surface area contributed by atoms with E-state index in [1.54, 1.807) is 24.3 Å². The first-order valence-corrected chi connectivity index (χ1v) is 8.84. The maximum absolute atomic E-state index is 12.4. The molecule has 0 radical (unpaired) electrons. The number of aromatic nitrogens is 2. The third-order valence-electron chi connectivity index (χ3n) is 4.22. The average molecular weight is 380 g/mol. The van der Waals surface area contributed by atoms with E-state index >= 15 is 0 Å². The van der Waals surface area contributed by atoms with Crippen molar-refractivity contribution >= 4 is 22.7 Å². The van der Waals surface area contributed by atoms with Crippen LogP contribution >= 0.6 is 0 Å². The normalized spacial score (nSPS) is 10.6. The molecule has 0 atom stereocenters. The van der Waals surface area contributed by atoms with Crippen LogP contribution in [0, 0.1) is 0 Å². The van der Waals surface area contributed by atoms with Crippen molar-refractivity contribution in [2.75, 3.05) is 13.1 Å². The van der Waals surface area contributed by atoms with Gasteiger partial charge in [-0.2, -0.15) is 0 Å². The van der Waals surface area contributed by atoms with Gasteiger partial charge in [-0.05, 0) is 24.1 Å². The summed E-state index contributed by atoms with van der Waals surface area (Å²) >= 11 is 0. The Labute approximate surface area is 160 Å². The summed E-state index contributed by atoms with van der Waals surface area (Å²) in [6.45, 7) is -0.243. The number of H-pyrrole nitrogens is 1. The van der Waals surface area contributed by atoms with Gasteiger partial charge in [-0.3, -0.25) is 19.0 Å². The molecular formula is C20H20N4O4. The van der Waals surface area contributed by atoms with E-state index in [4.69, 9.17) is 0 Å². The zero-order valence-corrected chi connectivity index (χ0v) is 15.1. The second kappa shape index (κ2) is 8.81. The number of hydrogen-bond acceptors (Lipinski definition) is 4. The highest BCUT2D eigenvalue weighted by Crippen LogP contribution is 2.02. The van der Waals surface area contributed by atoms with Crippen LogP contribution < -0.4 is 21.9 Å². The first kappa shape index (κ1) is 19.1. The molecule has 0 spiro atoms. The smallest absolute Gasteiger partial charge is 0.329 e. The largest absolute Gasteiger partial charge is 0.354 e. The van der Waals surface area contributed by atoms with Crippen molar-refractivity contribution in [3.05, 3.63) is 81.0 Å². The summed E-state index contributed by atoms with van der Waals surface area (Å²) in [5, 5.41) is 5.44. The van der Waals surface area contributed by atoms with Crippen LogP contribution in [0.2, 0.25) is 0 Å². The molecule has 0 bridgehead atoms. The Balaban J connectivity index is 1.52. The average Bonchev–Trinajstić information content (AvgIpc) is 2.70. The Bertz CT molecular complexity index is 1100. The zero-order valence-electron chi connectivity index (χ0n) is 15.1. The molecule has 0 aliphatic heterocycles. The van der Waals surface area contributed by atoms with Gasteiger partial charge in [-0.1, -0.05) is 42.5 Å². The molecule has 8 heteroatoms. The van der Waals surface area contributed by atoms with Crippen molar-refractivity contribution < 1.29 is 9.59 Å². The van der Waals surface area contributed by atoms with Gasteiger partial charge in [-0.25, -0.2) is 4.79 Å². The van der Waals surface area contributed by atoms with Crippen molar-refractivity contribution in [3.8, 4) is 0 Å². The van der Waals surface area contributed by atoms with Crippen LogP contribution in [0.3, 0.4) is 0 Å². The molecule has 0 saturated carbocycles. The molecule has 144 valence electrons. The number of benzene rings is 2. The predicted molar refractivity (Wildman–Crippen MR) is 105 cm³/mol. The summed E-state index contributed by atoms with van der Waals surface area (Å²) in [5.74, 6) is -0.940. The summed E-state index contributed by atoms with van der Waals surface area (Å²) in [4.78, 5) is 50.9. The minimum absolute atomic E-state index is 0.228. The molecule has 3 rings (SSSR count). The quantitative estimate of drug-likeness (QED) is 0.542. The van der Waals surface area contributed by atoms with E-state index < -0.39 is 23.7 Å². The highest BCUT2D eigenvalue weighted by molar-refractivity contribution is 5.84. The molecule has 8 nitrogen and oxygen atoms in total. The van der Waals surface area contributed by atoms with E-state index in [9.17, 15) is 19.2 Å². The van der Waals surface area contributed by atoms with E-state index in [1.807, 2.05) is 30.3 Å². The lowest BCUT2D eigenvalue weighted by Gasteiger charge is -2.08. The maximum Gasteiger partial charge on any atom is 0.329 e. The molecule has 2 amide bonds. The van der Waals surface area contributed by atoms with Gasteiger partial charge >= 0.3 is 5.69 Å². The van der Waals surface area contributed by atoms with Crippen molar-refractivity contribution in [1.29, 1.82) is 0 Å². The number of fused-ring (bicyclic) bond motifs is 1. The fourth-order valence-electron chi connectivity index (χ4n) is 2.77. The van der Waals surface area contributed by atoms with Gasteiger partial charge in [0, 0.05) is 6.54 Å². The SMILES string of the molecule is O=C(CNC(=O)Cn1c(=O)[nH]c2ccccc2c1=O)NCCc1ccccc1.